The van der Waals surface area contributed by atoms with Gasteiger partial charge in [-0.25, -0.2) is 0 Å². The Kier molecular flexibility index (Phi) is 7.44. The van der Waals surface area contributed by atoms with Crippen LogP contribution in [-0.4, -0.2) is 11.9 Å². The van der Waals surface area contributed by atoms with E-state index in [0.717, 1.165) is 31.2 Å². The SMILES string of the molecule is CCCC[C@H](N)C(=O)NC(C)c1ccc(CC(C)C)cc1. The molecule has 0 aromatic heterocycles. The number of benzene rings is 1. The summed E-state index contributed by atoms with van der Waals surface area (Å²) in [5, 5.41) is 3.00. The fourth-order valence-corrected chi connectivity index (χ4v) is 2.37. The fourth-order valence-electron chi connectivity index (χ4n) is 2.37. The minimum Gasteiger partial charge on any atom is -0.348 e. The molecule has 1 unspecified atom stereocenters. The van der Waals surface area contributed by atoms with Gasteiger partial charge in [0, 0.05) is 0 Å². The van der Waals surface area contributed by atoms with Crippen molar-refractivity contribution >= 4 is 5.91 Å². The van der Waals surface area contributed by atoms with Crippen molar-refractivity contribution in [2.75, 3.05) is 0 Å². The number of nitrogens with two attached hydrogens (primary N) is 1. The van der Waals surface area contributed by atoms with E-state index in [0.29, 0.717) is 5.92 Å². The van der Waals surface area contributed by atoms with Crippen molar-refractivity contribution in [2.24, 2.45) is 11.7 Å². The first-order valence-corrected chi connectivity index (χ1v) is 8.08. The van der Waals surface area contributed by atoms with Crippen LogP contribution in [0, 0.1) is 5.92 Å². The van der Waals surface area contributed by atoms with Crippen LogP contribution in [0.25, 0.3) is 0 Å². The average Bonchev–Trinajstić information content (AvgIpc) is 2.44. The summed E-state index contributed by atoms with van der Waals surface area (Å²) < 4.78 is 0. The second-order valence-corrected chi connectivity index (χ2v) is 6.32. The van der Waals surface area contributed by atoms with Crippen LogP contribution in [-0.2, 0) is 11.2 Å². The molecule has 0 heterocycles. The van der Waals surface area contributed by atoms with Crippen LogP contribution in [0.4, 0.5) is 0 Å². The number of nitrogens with one attached hydrogen (secondary N) is 1. The third-order valence-corrected chi connectivity index (χ3v) is 3.69. The van der Waals surface area contributed by atoms with Crippen LogP contribution < -0.4 is 11.1 Å². The number of amides is 1. The maximum atomic E-state index is 12.0. The van der Waals surface area contributed by atoms with Crippen molar-refractivity contribution in [1.82, 2.24) is 5.32 Å². The van der Waals surface area contributed by atoms with Crippen LogP contribution in [0.5, 0.6) is 0 Å². The first-order chi connectivity index (χ1) is 9.93. The molecular weight excluding hydrogens is 260 g/mol. The Bertz CT molecular complexity index is 425. The normalized spacial score (nSPS) is 14.0. The molecule has 3 heteroatoms. The Morgan fingerprint density at radius 3 is 2.33 bits per heavy atom. The van der Waals surface area contributed by atoms with Gasteiger partial charge in [0.2, 0.25) is 5.91 Å². The van der Waals surface area contributed by atoms with Crippen LogP contribution in [0.1, 0.15) is 64.1 Å². The molecule has 0 spiro atoms. The first kappa shape index (κ1) is 17.7. The van der Waals surface area contributed by atoms with Gasteiger partial charge in [-0.2, -0.15) is 0 Å². The molecule has 0 saturated carbocycles. The quantitative estimate of drug-likeness (QED) is 0.769. The second kappa shape index (κ2) is 8.83. The van der Waals surface area contributed by atoms with Gasteiger partial charge in [-0.1, -0.05) is 57.9 Å². The van der Waals surface area contributed by atoms with Gasteiger partial charge in [0.1, 0.15) is 0 Å². The summed E-state index contributed by atoms with van der Waals surface area (Å²) in [6.07, 6.45) is 3.89. The van der Waals surface area contributed by atoms with Crippen LogP contribution >= 0.6 is 0 Å². The van der Waals surface area contributed by atoms with Crippen molar-refractivity contribution < 1.29 is 4.79 Å². The van der Waals surface area contributed by atoms with E-state index >= 15 is 0 Å². The lowest BCUT2D eigenvalue weighted by Gasteiger charge is -2.18. The summed E-state index contributed by atoms with van der Waals surface area (Å²) in [6.45, 7) is 8.54. The van der Waals surface area contributed by atoms with Crippen LogP contribution in [0.3, 0.4) is 0 Å². The minimum absolute atomic E-state index is 0.00160. The largest absolute Gasteiger partial charge is 0.348 e. The predicted octanol–water partition coefficient (Wildman–Crippen LogP) is 3.58. The molecule has 2 atom stereocenters. The molecule has 0 aliphatic rings. The topological polar surface area (TPSA) is 55.1 Å². The number of carbonyl (C=O) groups excluding carboxylic acids is 1. The first-order valence-electron chi connectivity index (χ1n) is 8.08. The van der Waals surface area contributed by atoms with Crippen molar-refractivity contribution in [2.45, 2.75) is 65.5 Å². The molecule has 0 aliphatic carbocycles. The van der Waals surface area contributed by atoms with E-state index in [-0.39, 0.29) is 11.9 Å². The maximum absolute atomic E-state index is 12.0. The molecule has 0 aliphatic heterocycles. The zero-order chi connectivity index (χ0) is 15.8. The molecule has 1 rings (SSSR count). The van der Waals surface area contributed by atoms with Crippen molar-refractivity contribution in [3.8, 4) is 0 Å². The molecule has 1 aromatic rings. The minimum atomic E-state index is -0.396. The lowest BCUT2D eigenvalue weighted by atomic mass is 9.99. The zero-order valence-electron chi connectivity index (χ0n) is 13.9. The van der Waals surface area contributed by atoms with Gasteiger partial charge in [0.05, 0.1) is 12.1 Å². The highest BCUT2D eigenvalue weighted by molar-refractivity contribution is 5.81. The maximum Gasteiger partial charge on any atom is 0.237 e. The molecule has 1 aromatic carbocycles. The number of hydrogen-bond acceptors (Lipinski definition) is 2. The summed E-state index contributed by atoms with van der Waals surface area (Å²) >= 11 is 0. The lowest BCUT2D eigenvalue weighted by molar-refractivity contribution is -0.123. The molecule has 0 fully saturated rings. The summed E-state index contributed by atoms with van der Waals surface area (Å²) in [5.41, 5.74) is 8.36. The van der Waals surface area contributed by atoms with Crippen molar-refractivity contribution in [1.29, 1.82) is 0 Å². The van der Waals surface area contributed by atoms with Gasteiger partial charge < -0.3 is 11.1 Å². The molecule has 118 valence electrons. The third kappa shape index (κ3) is 6.30. The monoisotopic (exact) mass is 290 g/mol. The number of rotatable bonds is 8. The van der Waals surface area contributed by atoms with E-state index < -0.39 is 6.04 Å². The van der Waals surface area contributed by atoms with Gasteiger partial charge in [0.15, 0.2) is 0 Å². The zero-order valence-corrected chi connectivity index (χ0v) is 13.9. The highest BCUT2D eigenvalue weighted by Crippen LogP contribution is 2.16. The molecule has 1 amide bonds. The van der Waals surface area contributed by atoms with Gasteiger partial charge >= 0.3 is 0 Å². The standard InChI is InChI=1S/C18H30N2O/c1-5-6-7-17(19)18(21)20-14(4)16-10-8-15(9-11-16)12-13(2)3/h8-11,13-14,17H,5-7,12,19H2,1-4H3,(H,20,21)/t14?,17-/m0/s1. The predicted molar refractivity (Wildman–Crippen MR) is 89.0 cm³/mol. The Hall–Kier alpha value is -1.35. The number of unbranched alkanes of at least 4 members (excludes halogenated alkanes) is 1. The van der Waals surface area contributed by atoms with E-state index in [2.05, 4.69) is 50.4 Å². The van der Waals surface area contributed by atoms with E-state index in [1.165, 1.54) is 5.56 Å². The number of carbonyl (C=O) groups is 1. The van der Waals surface area contributed by atoms with Crippen molar-refractivity contribution in [3.05, 3.63) is 35.4 Å². The summed E-state index contributed by atoms with van der Waals surface area (Å²) in [5.74, 6) is 0.603. The summed E-state index contributed by atoms with van der Waals surface area (Å²) in [4.78, 5) is 12.0. The number of hydrogen-bond donors (Lipinski definition) is 2. The molecular formula is C18H30N2O. The van der Waals surface area contributed by atoms with Crippen LogP contribution in [0.15, 0.2) is 24.3 Å². The van der Waals surface area contributed by atoms with Crippen LogP contribution in [0.2, 0.25) is 0 Å². The Morgan fingerprint density at radius 1 is 1.19 bits per heavy atom. The van der Waals surface area contributed by atoms with E-state index in [9.17, 15) is 4.79 Å². The molecule has 0 saturated heterocycles. The molecule has 3 N–H and O–H groups in total. The third-order valence-electron chi connectivity index (χ3n) is 3.69. The average molecular weight is 290 g/mol. The summed E-state index contributed by atoms with van der Waals surface area (Å²) in [7, 11) is 0. The van der Waals surface area contributed by atoms with Crippen molar-refractivity contribution in [3.63, 3.8) is 0 Å². The highest BCUT2D eigenvalue weighted by atomic mass is 16.2. The van der Waals surface area contributed by atoms with E-state index in [1.807, 2.05) is 6.92 Å². The highest BCUT2D eigenvalue weighted by Gasteiger charge is 2.16. The van der Waals surface area contributed by atoms with Gasteiger partial charge in [-0.15, -0.1) is 0 Å². The van der Waals surface area contributed by atoms with E-state index in [1.54, 1.807) is 0 Å². The Balaban J connectivity index is 2.54. The second-order valence-electron chi connectivity index (χ2n) is 6.32. The Morgan fingerprint density at radius 2 is 1.81 bits per heavy atom. The van der Waals surface area contributed by atoms with Gasteiger partial charge in [-0.05, 0) is 36.8 Å². The lowest BCUT2D eigenvalue weighted by Crippen LogP contribution is -2.41. The van der Waals surface area contributed by atoms with Gasteiger partial charge in [-0.3, -0.25) is 4.79 Å². The Labute approximate surface area is 129 Å². The molecule has 0 bridgehead atoms. The van der Waals surface area contributed by atoms with Gasteiger partial charge in [0.25, 0.3) is 0 Å². The molecule has 0 radical (unpaired) electrons. The summed E-state index contributed by atoms with van der Waals surface area (Å²) in [6, 6.07) is 8.09. The molecule has 21 heavy (non-hydrogen) atoms. The smallest absolute Gasteiger partial charge is 0.237 e. The molecule has 3 nitrogen and oxygen atoms in total. The fraction of sp³-hybridized carbons (Fsp3) is 0.611. The van der Waals surface area contributed by atoms with E-state index in [4.69, 9.17) is 5.73 Å².